The third-order valence-corrected chi connectivity index (χ3v) is 4.72. The predicted octanol–water partition coefficient (Wildman–Crippen LogP) is 4.48. The number of methoxy groups -OCH3 is 1. The van der Waals surface area contributed by atoms with Crippen molar-refractivity contribution in [1.82, 2.24) is 0 Å². The molecule has 0 radical (unpaired) electrons. The Labute approximate surface area is 120 Å². The second-order valence-electron chi connectivity index (χ2n) is 4.14. The van der Waals surface area contributed by atoms with Gasteiger partial charge in [0.15, 0.2) is 0 Å². The molecule has 0 heterocycles. The van der Waals surface area contributed by atoms with Crippen molar-refractivity contribution < 1.29 is 14.2 Å². The fraction of sp³-hybridized carbons (Fsp3) is 0.538. The van der Waals surface area contributed by atoms with E-state index in [0.717, 1.165) is 0 Å². The molecule has 0 spiro atoms. The van der Waals surface area contributed by atoms with Crippen LogP contribution in [0.25, 0.3) is 0 Å². The number of halogens is 3. The average Bonchev–Trinajstić information content (AvgIpc) is 2.39. The van der Waals surface area contributed by atoms with Gasteiger partial charge in [0, 0.05) is 17.1 Å². The van der Waals surface area contributed by atoms with Crippen molar-refractivity contribution in [3.05, 3.63) is 33.0 Å². The summed E-state index contributed by atoms with van der Waals surface area (Å²) in [5.41, 5.74) is -0.633. The number of ether oxygens (including phenoxy) is 1. The predicted molar refractivity (Wildman–Crippen MR) is 74.4 cm³/mol. The Balaban J connectivity index is 3.25. The van der Waals surface area contributed by atoms with Gasteiger partial charge in [-0.1, -0.05) is 31.5 Å². The third-order valence-electron chi connectivity index (χ3n) is 3.46. The molecule has 5 heteroatoms. The molecule has 0 saturated carbocycles. The van der Waals surface area contributed by atoms with E-state index in [9.17, 15) is 9.50 Å². The van der Waals surface area contributed by atoms with E-state index in [-0.39, 0.29) is 10.6 Å². The number of benzene rings is 1. The van der Waals surface area contributed by atoms with Crippen LogP contribution in [0, 0.1) is 5.82 Å². The van der Waals surface area contributed by atoms with Gasteiger partial charge in [0.05, 0.1) is 10.6 Å². The van der Waals surface area contributed by atoms with Crippen molar-refractivity contribution >= 4 is 27.5 Å². The molecule has 0 aromatic heterocycles. The Hall–Kier alpha value is -0.160. The molecule has 1 aromatic carbocycles. The van der Waals surface area contributed by atoms with Crippen molar-refractivity contribution in [3.8, 4) is 0 Å². The first-order chi connectivity index (χ1) is 8.43. The molecule has 0 aliphatic heterocycles. The lowest BCUT2D eigenvalue weighted by Gasteiger charge is -2.35. The molecule has 18 heavy (non-hydrogen) atoms. The van der Waals surface area contributed by atoms with E-state index in [0.29, 0.717) is 17.3 Å². The van der Waals surface area contributed by atoms with Crippen LogP contribution in [0.3, 0.4) is 0 Å². The lowest BCUT2D eigenvalue weighted by molar-refractivity contribution is -0.111. The highest BCUT2D eigenvalue weighted by Crippen LogP contribution is 2.38. The fourth-order valence-electron chi connectivity index (χ4n) is 2.07. The largest absolute Gasteiger partial charge is 0.385 e. The summed E-state index contributed by atoms with van der Waals surface area (Å²) >= 11 is 8.98. The summed E-state index contributed by atoms with van der Waals surface area (Å²) in [6.07, 6.45) is 0.103. The van der Waals surface area contributed by atoms with Gasteiger partial charge in [0.25, 0.3) is 0 Å². The molecule has 1 aromatic rings. The highest BCUT2D eigenvalue weighted by molar-refractivity contribution is 9.10. The van der Waals surface area contributed by atoms with Crippen LogP contribution in [0.4, 0.5) is 4.39 Å². The summed E-state index contributed by atoms with van der Waals surface area (Å²) < 4.78 is 19.9. The summed E-state index contributed by atoms with van der Waals surface area (Å²) in [4.78, 5) is 0. The van der Waals surface area contributed by atoms with Gasteiger partial charge in [-0.25, -0.2) is 4.39 Å². The Bertz CT molecular complexity index is 413. The van der Waals surface area contributed by atoms with Crippen molar-refractivity contribution in [2.75, 3.05) is 7.11 Å². The van der Waals surface area contributed by atoms with Crippen molar-refractivity contribution in [3.63, 3.8) is 0 Å². The molecule has 1 N–H and O–H groups in total. The van der Waals surface area contributed by atoms with Gasteiger partial charge < -0.3 is 9.84 Å². The monoisotopic (exact) mass is 338 g/mol. The van der Waals surface area contributed by atoms with E-state index in [4.69, 9.17) is 16.3 Å². The van der Waals surface area contributed by atoms with E-state index < -0.39 is 17.5 Å². The van der Waals surface area contributed by atoms with Gasteiger partial charge in [0.2, 0.25) is 0 Å². The van der Waals surface area contributed by atoms with Crippen LogP contribution in [-0.4, -0.2) is 17.8 Å². The first kappa shape index (κ1) is 15.9. The Kier molecular flexibility index (Phi) is 5.59. The van der Waals surface area contributed by atoms with Crippen LogP contribution < -0.4 is 0 Å². The quantitative estimate of drug-likeness (QED) is 0.801. The van der Waals surface area contributed by atoms with Gasteiger partial charge in [0.1, 0.15) is 11.9 Å². The SMILES string of the molecule is CCC(CC)(OC)C(O)c1ccc(Br)c(Cl)c1F. The highest BCUT2D eigenvalue weighted by atomic mass is 79.9. The number of rotatable bonds is 5. The third kappa shape index (κ3) is 2.72. The van der Waals surface area contributed by atoms with Gasteiger partial charge in [-0.15, -0.1) is 0 Å². The van der Waals surface area contributed by atoms with E-state index in [1.807, 2.05) is 13.8 Å². The maximum Gasteiger partial charge on any atom is 0.148 e. The zero-order chi connectivity index (χ0) is 13.9. The number of aliphatic hydroxyl groups excluding tert-OH is 1. The maximum absolute atomic E-state index is 14.1. The summed E-state index contributed by atoms with van der Waals surface area (Å²) in [7, 11) is 1.52. The second-order valence-corrected chi connectivity index (χ2v) is 5.38. The molecule has 0 amide bonds. The number of aliphatic hydroxyl groups is 1. The molecule has 0 aliphatic carbocycles. The summed E-state index contributed by atoms with van der Waals surface area (Å²) in [5, 5.41) is 10.4. The first-order valence-corrected chi connectivity index (χ1v) is 6.97. The molecule has 2 nitrogen and oxygen atoms in total. The second kappa shape index (κ2) is 6.33. The lowest BCUT2D eigenvalue weighted by atomic mass is 9.86. The van der Waals surface area contributed by atoms with Crippen LogP contribution >= 0.6 is 27.5 Å². The summed E-state index contributed by atoms with van der Waals surface area (Å²) in [5.74, 6) is -0.609. The fourth-order valence-corrected chi connectivity index (χ4v) is 2.55. The maximum atomic E-state index is 14.1. The molecule has 1 unspecified atom stereocenters. The first-order valence-electron chi connectivity index (χ1n) is 5.80. The Morgan fingerprint density at radius 3 is 2.44 bits per heavy atom. The molecular formula is C13H17BrClFO2. The average molecular weight is 340 g/mol. The number of hydrogen-bond acceptors (Lipinski definition) is 2. The molecule has 0 fully saturated rings. The molecule has 0 saturated heterocycles. The number of hydrogen-bond donors (Lipinski definition) is 1. The van der Waals surface area contributed by atoms with E-state index >= 15 is 0 Å². The Morgan fingerprint density at radius 1 is 1.44 bits per heavy atom. The lowest BCUT2D eigenvalue weighted by Crippen LogP contribution is -2.37. The van der Waals surface area contributed by atoms with Gasteiger partial charge in [-0.05, 0) is 34.8 Å². The van der Waals surface area contributed by atoms with E-state index in [1.54, 1.807) is 6.07 Å². The standard InChI is InChI=1S/C13H17BrClFO2/c1-4-13(5-2,18-3)12(17)8-6-7-9(14)10(15)11(8)16/h6-7,12,17H,4-5H2,1-3H3. The van der Waals surface area contributed by atoms with Crippen LogP contribution in [0.15, 0.2) is 16.6 Å². The smallest absolute Gasteiger partial charge is 0.148 e. The van der Waals surface area contributed by atoms with Gasteiger partial charge >= 0.3 is 0 Å². The highest BCUT2D eigenvalue weighted by Gasteiger charge is 2.37. The molecule has 0 bridgehead atoms. The van der Waals surface area contributed by atoms with Crippen molar-refractivity contribution in [2.24, 2.45) is 0 Å². The van der Waals surface area contributed by atoms with Crippen molar-refractivity contribution in [1.29, 1.82) is 0 Å². The normalized spacial score (nSPS) is 13.7. The molecule has 1 atom stereocenters. The zero-order valence-corrected chi connectivity index (χ0v) is 13.0. The topological polar surface area (TPSA) is 29.5 Å². The van der Waals surface area contributed by atoms with Crippen molar-refractivity contribution in [2.45, 2.75) is 38.4 Å². The van der Waals surface area contributed by atoms with Crippen LogP contribution in [0.1, 0.15) is 38.4 Å². The van der Waals surface area contributed by atoms with Crippen LogP contribution in [0.5, 0.6) is 0 Å². The molecule has 1 rings (SSSR count). The van der Waals surface area contributed by atoms with Crippen LogP contribution in [0.2, 0.25) is 5.02 Å². The van der Waals surface area contributed by atoms with E-state index in [1.165, 1.54) is 13.2 Å². The minimum Gasteiger partial charge on any atom is -0.385 e. The zero-order valence-electron chi connectivity index (χ0n) is 10.6. The van der Waals surface area contributed by atoms with E-state index in [2.05, 4.69) is 15.9 Å². The van der Waals surface area contributed by atoms with Gasteiger partial charge in [-0.3, -0.25) is 0 Å². The minimum atomic E-state index is -1.05. The molecule has 102 valence electrons. The van der Waals surface area contributed by atoms with Crippen LogP contribution in [-0.2, 0) is 4.74 Å². The molecule has 0 aliphatic rings. The molecular weight excluding hydrogens is 322 g/mol. The minimum absolute atomic E-state index is 0.0243. The van der Waals surface area contributed by atoms with Gasteiger partial charge in [-0.2, -0.15) is 0 Å². The Morgan fingerprint density at radius 2 is 2.00 bits per heavy atom. The summed E-state index contributed by atoms with van der Waals surface area (Å²) in [6, 6.07) is 3.14. The summed E-state index contributed by atoms with van der Waals surface area (Å²) in [6.45, 7) is 3.79.